The van der Waals surface area contributed by atoms with Crippen molar-refractivity contribution in [1.29, 1.82) is 0 Å². The molecule has 0 saturated heterocycles. The van der Waals surface area contributed by atoms with Crippen molar-refractivity contribution in [3.05, 3.63) is 58.6 Å². The summed E-state index contributed by atoms with van der Waals surface area (Å²) in [6.07, 6.45) is 5.62. The van der Waals surface area contributed by atoms with E-state index in [-0.39, 0.29) is 34.7 Å². The van der Waals surface area contributed by atoms with Gasteiger partial charge in [0.25, 0.3) is 0 Å². The van der Waals surface area contributed by atoms with E-state index in [0.29, 0.717) is 11.4 Å². The van der Waals surface area contributed by atoms with Crippen LogP contribution in [0.25, 0.3) is 0 Å². The summed E-state index contributed by atoms with van der Waals surface area (Å²) in [6, 6.07) is 8.00. The minimum atomic E-state index is -4.06. The Kier molecular flexibility index (Phi) is 4.67. The molecular formula is C23H23ClF2O3S. The van der Waals surface area contributed by atoms with Gasteiger partial charge in [-0.2, -0.15) is 0 Å². The predicted octanol–water partition coefficient (Wildman–Crippen LogP) is 6.04. The van der Waals surface area contributed by atoms with Crippen LogP contribution in [0.3, 0.4) is 0 Å². The topological polar surface area (TPSA) is 43.4 Å². The highest BCUT2D eigenvalue weighted by atomic mass is 35.5. The molecule has 5 rings (SSSR count). The first-order chi connectivity index (χ1) is 14.3. The number of hydrogen-bond acceptors (Lipinski definition) is 3. The van der Waals surface area contributed by atoms with Crippen LogP contribution in [0.2, 0.25) is 5.02 Å². The molecule has 30 heavy (non-hydrogen) atoms. The Balaban J connectivity index is 1.82. The average molecular weight is 453 g/mol. The van der Waals surface area contributed by atoms with Crippen molar-refractivity contribution in [2.45, 2.75) is 54.6 Å². The van der Waals surface area contributed by atoms with E-state index in [1.54, 1.807) is 0 Å². The van der Waals surface area contributed by atoms with Gasteiger partial charge in [-0.25, -0.2) is 17.2 Å². The van der Waals surface area contributed by atoms with Crippen molar-refractivity contribution in [2.75, 3.05) is 6.61 Å². The Hall–Kier alpha value is -1.66. The van der Waals surface area contributed by atoms with Crippen LogP contribution >= 0.6 is 11.6 Å². The summed E-state index contributed by atoms with van der Waals surface area (Å²) >= 11 is 5.98. The predicted molar refractivity (Wildman–Crippen MR) is 110 cm³/mol. The fourth-order valence-electron chi connectivity index (χ4n) is 6.35. The Morgan fingerprint density at radius 1 is 0.900 bits per heavy atom. The van der Waals surface area contributed by atoms with Gasteiger partial charge < -0.3 is 4.74 Å². The van der Waals surface area contributed by atoms with Crippen molar-refractivity contribution >= 4 is 21.4 Å². The van der Waals surface area contributed by atoms with Gasteiger partial charge in [0, 0.05) is 10.9 Å². The quantitative estimate of drug-likeness (QED) is 0.557. The molecular weight excluding hydrogens is 430 g/mol. The maximum absolute atomic E-state index is 15.3. The SMILES string of the molecule is O=S(=O)(c1ccc(Cl)cc1)[C@@]12CCCC3(CCCC3)[C@@H]1COc1c(F)ccc(F)c12. The molecule has 2 atom stereocenters. The average Bonchev–Trinajstić information content (AvgIpc) is 3.19. The summed E-state index contributed by atoms with van der Waals surface area (Å²) in [4.78, 5) is 0.0865. The molecule has 3 nitrogen and oxygen atoms in total. The first-order valence-electron chi connectivity index (χ1n) is 10.4. The van der Waals surface area contributed by atoms with Gasteiger partial charge in [-0.05, 0) is 67.5 Å². The van der Waals surface area contributed by atoms with Crippen LogP contribution in [0.5, 0.6) is 5.75 Å². The van der Waals surface area contributed by atoms with Crippen molar-refractivity contribution in [2.24, 2.45) is 11.3 Å². The molecule has 2 aromatic rings. The van der Waals surface area contributed by atoms with Crippen LogP contribution in [-0.4, -0.2) is 15.0 Å². The summed E-state index contributed by atoms with van der Waals surface area (Å²) < 4.78 is 62.7. The van der Waals surface area contributed by atoms with E-state index in [9.17, 15) is 12.8 Å². The van der Waals surface area contributed by atoms with Crippen LogP contribution in [0.15, 0.2) is 41.3 Å². The first kappa shape index (κ1) is 20.3. The van der Waals surface area contributed by atoms with E-state index < -0.39 is 32.1 Å². The number of halogens is 3. The fourth-order valence-corrected chi connectivity index (χ4v) is 8.96. The minimum Gasteiger partial charge on any atom is -0.490 e. The monoisotopic (exact) mass is 452 g/mol. The molecule has 1 spiro atoms. The van der Waals surface area contributed by atoms with Crippen LogP contribution in [0.1, 0.15) is 50.5 Å². The van der Waals surface area contributed by atoms with E-state index in [0.717, 1.165) is 44.2 Å². The summed E-state index contributed by atoms with van der Waals surface area (Å²) in [7, 11) is -4.06. The van der Waals surface area contributed by atoms with Crippen LogP contribution in [0, 0.1) is 23.0 Å². The second-order valence-electron chi connectivity index (χ2n) is 8.87. The zero-order chi connectivity index (χ0) is 21.1. The zero-order valence-corrected chi connectivity index (χ0v) is 18.0. The molecule has 1 heterocycles. The highest BCUT2D eigenvalue weighted by molar-refractivity contribution is 7.92. The van der Waals surface area contributed by atoms with Crippen LogP contribution < -0.4 is 4.74 Å². The molecule has 0 N–H and O–H groups in total. The maximum atomic E-state index is 15.3. The van der Waals surface area contributed by atoms with Crippen molar-refractivity contribution in [3.8, 4) is 5.75 Å². The van der Waals surface area contributed by atoms with Gasteiger partial charge in [0.05, 0.1) is 17.1 Å². The summed E-state index contributed by atoms with van der Waals surface area (Å²) in [6.45, 7) is 0.0835. The molecule has 3 aliphatic rings. The van der Waals surface area contributed by atoms with E-state index in [4.69, 9.17) is 16.3 Å². The van der Waals surface area contributed by atoms with Gasteiger partial charge >= 0.3 is 0 Å². The molecule has 2 aliphatic carbocycles. The molecule has 160 valence electrons. The third-order valence-corrected chi connectivity index (χ3v) is 10.4. The second-order valence-corrected chi connectivity index (χ2v) is 11.5. The van der Waals surface area contributed by atoms with Crippen LogP contribution in [-0.2, 0) is 14.6 Å². The summed E-state index contributed by atoms with van der Waals surface area (Å²) in [5, 5.41) is 0.420. The third-order valence-electron chi connectivity index (χ3n) is 7.60. The molecule has 0 bridgehead atoms. The van der Waals surface area contributed by atoms with E-state index >= 15 is 4.39 Å². The second kappa shape index (κ2) is 6.92. The molecule has 2 aromatic carbocycles. The van der Waals surface area contributed by atoms with Gasteiger partial charge in [0.2, 0.25) is 0 Å². The standard InChI is InChI=1S/C23H23ClF2O3S/c24-15-4-6-16(7-5-15)30(27,28)23-13-3-12-22(10-1-2-11-22)19(23)14-29-21-18(26)9-8-17(25)20(21)23/h4-9,19H,1-3,10-14H2/t19-,23-/m0/s1. The largest absolute Gasteiger partial charge is 0.490 e. The van der Waals surface area contributed by atoms with Gasteiger partial charge in [-0.15, -0.1) is 0 Å². The molecule has 2 fully saturated rings. The maximum Gasteiger partial charge on any atom is 0.188 e. The van der Waals surface area contributed by atoms with E-state index in [2.05, 4.69) is 0 Å². The number of fused-ring (bicyclic) bond motifs is 4. The lowest BCUT2D eigenvalue weighted by Gasteiger charge is -2.55. The normalized spacial score (nSPS) is 27.4. The Labute approximate surface area is 180 Å². The Bertz CT molecular complexity index is 1090. The summed E-state index contributed by atoms with van der Waals surface area (Å²) in [5.74, 6) is -2.12. The number of ether oxygens (including phenoxy) is 1. The first-order valence-corrected chi connectivity index (χ1v) is 12.3. The minimum absolute atomic E-state index is 0.0835. The van der Waals surface area contributed by atoms with Gasteiger partial charge in [-0.3, -0.25) is 0 Å². The lowest BCUT2D eigenvalue weighted by atomic mass is 9.58. The van der Waals surface area contributed by atoms with Crippen LogP contribution in [0.4, 0.5) is 8.78 Å². The molecule has 0 aromatic heterocycles. The molecule has 0 radical (unpaired) electrons. The molecule has 2 saturated carbocycles. The lowest BCUT2D eigenvalue weighted by Crippen LogP contribution is -2.57. The third kappa shape index (κ3) is 2.62. The molecule has 7 heteroatoms. The zero-order valence-electron chi connectivity index (χ0n) is 16.5. The number of rotatable bonds is 2. The Morgan fingerprint density at radius 3 is 2.23 bits per heavy atom. The Morgan fingerprint density at radius 2 is 1.53 bits per heavy atom. The van der Waals surface area contributed by atoms with Crippen molar-refractivity contribution < 1.29 is 21.9 Å². The number of hydrogen-bond donors (Lipinski definition) is 0. The highest BCUT2D eigenvalue weighted by Crippen LogP contribution is 2.65. The number of sulfone groups is 1. The van der Waals surface area contributed by atoms with Gasteiger partial charge in [0.1, 0.15) is 10.6 Å². The van der Waals surface area contributed by atoms with E-state index in [1.165, 1.54) is 24.3 Å². The van der Waals surface area contributed by atoms with E-state index in [1.807, 2.05) is 0 Å². The number of benzene rings is 2. The van der Waals surface area contributed by atoms with Gasteiger partial charge in [0.15, 0.2) is 21.4 Å². The lowest BCUT2D eigenvalue weighted by molar-refractivity contribution is 0.00302. The molecule has 1 aliphatic heterocycles. The van der Waals surface area contributed by atoms with Crippen molar-refractivity contribution in [1.82, 2.24) is 0 Å². The fraction of sp³-hybridized carbons (Fsp3) is 0.478. The van der Waals surface area contributed by atoms with Crippen molar-refractivity contribution in [3.63, 3.8) is 0 Å². The molecule has 0 unspecified atom stereocenters. The highest BCUT2D eigenvalue weighted by Gasteiger charge is 2.65. The summed E-state index contributed by atoms with van der Waals surface area (Å²) in [5.41, 5.74) is -0.353. The molecule has 0 amide bonds. The smallest absolute Gasteiger partial charge is 0.188 e. The van der Waals surface area contributed by atoms with Gasteiger partial charge in [-0.1, -0.05) is 30.9 Å².